The number of hydrogen-bond donors (Lipinski definition) is 1. The molecule has 7 nitrogen and oxygen atoms in total. The first kappa shape index (κ1) is 18.5. The van der Waals surface area contributed by atoms with Crippen LogP contribution in [-0.2, 0) is 17.8 Å². The topological polar surface area (TPSA) is 76.5 Å². The molecule has 2 amide bonds. The van der Waals surface area contributed by atoms with E-state index in [-0.39, 0.29) is 12.0 Å². The average Bonchev–Trinajstić information content (AvgIpc) is 2.95. The summed E-state index contributed by atoms with van der Waals surface area (Å²) in [6, 6.07) is 6.38. The van der Waals surface area contributed by atoms with E-state index in [1.54, 1.807) is 43.1 Å². The molecule has 0 aliphatic carbocycles. The lowest BCUT2D eigenvalue weighted by Gasteiger charge is -2.17. The Bertz CT molecular complexity index is 737. The molecule has 0 radical (unpaired) electrons. The number of rotatable bonds is 6. The first-order valence-electron chi connectivity index (χ1n) is 8.26. The number of amides is 2. The summed E-state index contributed by atoms with van der Waals surface area (Å²) in [6.07, 6.45) is 1.95. The van der Waals surface area contributed by atoms with Gasteiger partial charge in [-0.2, -0.15) is 5.10 Å². The molecule has 0 atom stereocenters. The van der Waals surface area contributed by atoms with Crippen LogP contribution in [0.4, 0.5) is 10.5 Å². The predicted octanol–water partition coefficient (Wildman–Crippen LogP) is 3.05. The van der Waals surface area contributed by atoms with E-state index in [0.717, 1.165) is 17.8 Å². The normalized spacial score (nSPS) is 10.4. The summed E-state index contributed by atoms with van der Waals surface area (Å²) in [5, 5.41) is 7.19. The number of nitrogens with one attached hydrogen (secondary N) is 1. The Labute approximate surface area is 147 Å². The third-order valence-corrected chi connectivity index (χ3v) is 3.77. The lowest BCUT2D eigenvalue weighted by molar-refractivity contribution is 0.0526. The Hall–Kier alpha value is -2.83. The van der Waals surface area contributed by atoms with Crippen molar-refractivity contribution in [3.05, 3.63) is 47.3 Å². The van der Waals surface area contributed by atoms with Gasteiger partial charge in [-0.25, -0.2) is 9.59 Å². The van der Waals surface area contributed by atoms with Crippen molar-refractivity contribution in [1.29, 1.82) is 0 Å². The fourth-order valence-corrected chi connectivity index (χ4v) is 2.33. The lowest BCUT2D eigenvalue weighted by atomic mass is 10.2. The molecule has 0 saturated heterocycles. The van der Waals surface area contributed by atoms with Gasteiger partial charge in [-0.3, -0.25) is 4.68 Å². The lowest BCUT2D eigenvalue weighted by Crippen LogP contribution is -2.30. The van der Waals surface area contributed by atoms with Crippen molar-refractivity contribution in [1.82, 2.24) is 14.7 Å². The van der Waals surface area contributed by atoms with Crippen LogP contribution in [0.1, 0.15) is 35.5 Å². The smallest absolute Gasteiger partial charge is 0.338 e. The summed E-state index contributed by atoms with van der Waals surface area (Å²) in [5.41, 5.74) is 3.00. The van der Waals surface area contributed by atoms with E-state index in [4.69, 9.17) is 4.74 Å². The van der Waals surface area contributed by atoms with E-state index in [9.17, 15) is 9.59 Å². The Kier molecular flexibility index (Phi) is 6.16. The van der Waals surface area contributed by atoms with Crippen LogP contribution in [0.15, 0.2) is 30.5 Å². The number of benzene rings is 1. The monoisotopic (exact) mass is 344 g/mol. The maximum Gasteiger partial charge on any atom is 0.338 e. The number of carbonyl (C=O) groups is 2. The molecular weight excluding hydrogens is 320 g/mol. The number of ether oxygens (including phenoxy) is 1. The zero-order valence-electron chi connectivity index (χ0n) is 15.1. The van der Waals surface area contributed by atoms with Gasteiger partial charge in [-0.1, -0.05) is 0 Å². The summed E-state index contributed by atoms with van der Waals surface area (Å²) in [4.78, 5) is 25.5. The maximum atomic E-state index is 12.3. The first-order chi connectivity index (χ1) is 11.9. The minimum atomic E-state index is -0.374. The Morgan fingerprint density at radius 3 is 2.48 bits per heavy atom. The molecule has 0 unspecified atom stereocenters. The number of urea groups is 1. The zero-order chi connectivity index (χ0) is 18.4. The molecule has 2 aromatic rings. The number of esters is 1. The zero-order valence-corrected chi connectivity index (χ0v) is 15.1. The maximum absolute atomic E-state index is 12.3. The molecule has 0 fully saturated rings. The molecule has 0 aliphatic heterocycles. The third kappa shape index (κ3) is 4.82. The molecule has 1 aromatic carbocycles. The molecule has 0 aliphatic rings. The van der Waals surface area contributed by atoms with Crippen molar-refractivity contribution < 1.29 is 14.3 Å². The summed E-state index contributed by atoms with van der Waals surface area (Å²) in [6.45, 7) is 7.31. The van der Waals surface area contributed by atoms with Crippen molar-refractivity contribution in [2.75, 3.05) is 19.0 Å². The number of aryl methyl sites for hydroxylation is 2. The van der Waals surface area contributed by atoms with Gasteiger partial charge in [-0.15, -0.1) is 0 Å². The van der Waals surface area contributed by atoms with E-state index in [0.29, 0.717) is 24.4 Å². The fourth-order valence-electron chi connectivity index (χ4n) is 2.33. The van der Waals surface area contributed by atoms with E-state index in [1.165, 1.54) is 0 Å². The highest BCUT2D eigenvalue weighted by Crippen LogP contribution is 2.13. The molecule has 1 N–H and O–H groups in total. The third-order valence-electron chi connectivity index (χ3n) is 3.77. The summed E-state index contributed by atoms with van der Waals surface area (Å²) < 4.78 is 6.79. The Balaban J connectivity index is 1.96. The van der Waals surface area contributed by atoms with E-state index >= 15 is 0 Å². The van der Waals surface area contributed by atoms with Crippen LogP contribution in [0, 0.1) is 6.92 Å². The minimum Gasteiger partial charge on any atom is -0.462 e. The van der Waals surface area contributed by atoms with Crippen LogP contribution >= 0.6 is 0 Å². The fraction of sp³-hybridized carbons (Fsp3) is 0.389. The molecule has 0 spiro atoms. The van der Waals surface area contributed by atoms with Crippen LogP contribution in [-0.4, -0.2) is 40.3 Å². The molecule has 2 rings (SSSR count). The second kappa shape index (κ2) is 8.32. The van der Waals surface area contributed by atoms with E-state index < -0.39 is 0 Å². The SMILES string of the molecule is CCOC(=O)c1ccc(NC(=O)N(C)Cc2cn(CC)nc2C)cc1. The van der Waals surface area contributed by atoms with Crippen molar-refractivity contribution >= 4 is 17.7 Å². The van der Waals surface area contributed by atoms with Crippen molar-refractivity contribution in [3.63, 3.8) is 0 Å². The van der Waals surface area contributed by atoms with Crippen molar-refractivity contribution in [3.8, 4) is 0 Å². The number of aromatic nitrogens is 2. The van der Waals surface area contributed by atoms with Crippen LogP contribution in [0.25, 0.3) is 0 Å². The summed E-state index contributed by atoms with van der Waals surface area (Å²) >= 11 is 0. The molecule has 1 heterocycles. The van der Waals surface area contributed by atoms with Gasteiger partial charge >= 0.3 is 12.0 Å². The van der Waals surface area contributed by atoms with Crippen molar-refractivity contribution in [2.45, 2.75) is 33.9 Å². The van der Waals surface area contributed by atoms with E-state index in [1.807, 2.05) is 24.7 Å². The van der Waals surface area contributed by atoms with Crippen molar-refractivity contribution in [2.24, 2.45) is 0 Å². The second-order valence-electron chi connectivity index (χ2n) is 5.68. The summed E-state index contributed by atoms with van der Waals surface area (Å²) in [7, 11) is 1.73. The molecule has 0 bridgehead atoms. The molecular formula is C18H24N4O3. The van der Waals surface area contributed by atoms with Gasteiger partial charge in [0.15, 0.2) is 0 Å². The largest absolute Gasteiger partial charge is 0.462 e. The van der Waals surface area contributed by atoms with Gasteiger partial charge in [0, 0.05) is 31.0 Å². The number of anilines is 1. The highest BCUT2D eigenvalue weighted by Gasteiger charge is 2.13. The number of nitrogens with zero attached hydrogens (tertiary/aromatic N) is 3. The standard InChI is InChI=1S/C18H24N4O3/c1-5-22-12-15(13(3)20-22)11-21(4)18(24)19-16-9-7-14(8-10-16)17(23)25-6-2/h7-10,12H,5-6,11H2,1-4H3,(H,19,24). The molecule has 25 heavy (non-hydrogen) atoms. The van der Waals surface area contributed by atoms with Gasteiger partial charge in [0.2, 0.25) is 0 Å². The van der Waals surface area contributed by atoms with Crippen LogP contribution < -0.4 is 5.32 Å². The van der Waals surface area contributed by atoms with Gasteiger partial charge < -0.3 is 15.0 Å². The van der Waals surface area contributed by atoms with Crippen LogP contribution in [0.3, 0.4) is 0 Å². The molecule has 1 aromatic heterocycles. The molecule has 0 saturated carbocycles. The highest BCUT2D eigenvalue weighted by molar-refractivity contribution is 5.92. The average molecular weight is 344 g/mol. The van der Waals surface area contributed by atoms with Crippen LogP contribution in [0.2, 0.25) is 0 Å². The minimum absolute atomic E-state index is 0.229. The van der Waals surface area contributed by atoms with Gasteiger partial charge in [0.05, 0.1) is 24.4 Å². The molecule has 7 heteroatoms. The van der Waals surface area contributed by atoms with Gasteiger partial charge in [0.25, 0.3) is 0 Å². The first-order valence-corrected chi connectivity index (χ1v) is 8.26. The van der Waals surface area contributed by atoms with Gasteiger partial charge in [0.1, 0.15) is 0 Å². The second-order valence-corrected chi connectivity index (χ2v) is 5.68. The predicted molar refractivity (Wildman–Crippen MR) is 95.5 cm³/mol. The number of hydrogen-bond acceptors (Lipinski definition) is 4. The Morgan fingerprint density at radius 2 is 1.92 bits per heavy atom. The molecule has 134 valence electrons. The number of carbonyl (C=O) groups excluding carboxylic acids is 2. The Morgan fingerprint density at radius 1 is 1.24 bits per heavy atom. The van der Waals surface area contributed by atoms with E-state index in [2.05, 4.69) is 10.4 Å². The van der Waals surface area contributed by atoms with Gasteiger partial charge in [-0.05, 0) is 45.0 Å². The quantitative estimate of drug-likeness (QED) is 0.817. The highest BCUT2D eigenvalue weighted by atomic mass is 16.5. The summed E-state index contributed by atoms with van der Waals surface area (Å²) in [5.74, 6) is -0.374. The van der Waals surface area contributed by atoms with Crippen LogP contribution in [0.5, 0.6) is 0 Å².